The van der Waals surface area contributed by atoms with Gasteiger partial charge in [-0.05, 0) is 30.2 Å². The zero-order valence-corrected chi connectivity index (χ0v) is 13.6. The van der Waals surface area contributed by atoms with E-state index in [2.05, 4.69) is 5.32 Å². The quantitative estimate of drug-likeness (QED) is 0.828. The molecule has 0 atom stereocenters. The average Bonchev–Trinajstić information content (AvgIpc) is 2.82. The van der Waals surface area contributed by atoms with Crippen LogP contribution >= 0.6 is 0 Å². The molecule has 1 fully saturated rings. The van der Waals surface area contributed by atoms with Crippen LogP contribution in [0.25, 0.3) is 0 Å². The summed E-state index contributed by atoms with van der Waals surface area (Å²) in [6, 6.07) is 3.11. The monoisotopic (exact) mass is 365 g/mol. The van der Waals surface area contributed by atoms with E-state index in [1.54, 1.807) is 0 Å². The predicted molar refractivity (Wildman–Crippen MR) is 82.6 cm³/mol. The van der Waals surface area contributed by atoms with Gasteiger partial charge in [-0.2, -0.15) is 13.2 Å². The third kappa shape index (κ3) is 4.68. The Morgan fingerprint density at radius 2 is 2.00 bits per heavy atom. The van der Waals surface area contributed by atoms with E-state index in [9.17, 15) is 26.4 Å². The van der Waals surface area contributed by atoms with Crippen LogP contribution in [0.5, 0.6) is 0 Å². The summed E-state index contributed by atoms with van der Waals surface area (Å²) in [6.07, 6.45) is -4.17. The van der Waals surface area contributed by atoms with Crippen molar-refractivity contribution in [1.82, 2.24) is 4.31 Å². The predicted octanol–water partition coefficient (Wildman–Crippen LogP) is 1.53. The highest BCUT2D eigenvalue weighted by atomic mass is 32.2. The number of nitrogens with two attached hydrogens (primary N) is 1. The van der Waals surface area contributed by atoms with Crippen molar-refractivity contribution in [3.05, 3.63) is 29.3 Å². The van der Waals surface area contributed by atoms with Crippen molar-refractivity contribution in [1.29, 1.82) is 0 Å². The van der Waals surface area contributed by atoms with Crippen LogP contribution in [0.15, 0.2) is 18.2 Å². The van der Waals surface area contributed by atoms with Crippen LogP contribution in [-0.4, -0.2) is 37.5 Å². The van der Waals surface area contributed by atoms with Crippen LogP contribution in [-0.2, 0) is 27.5 Å². The number of hydrogen-bond acceptors (Lipinski definition) is 4. The molecule has 0 radical (unpaired) electrons. The minimum atomic E-state index is -4.55. The van der Waals surface area contributed by atoms with E-state index in [4.69, 9.17) is 5.73 Å². The number of hydrogen-bond donors (Lipinski definition) is 2. The number of carbonyl (C=O) groups is 1. The van der Waals surface area contributed by atoms with Gasteiger partial charge in [0, 0.05) is 31.7 Å². The number of anilines is 1. The van der Waals surface area contributed by atoms with E-state index in [-0.39, 0.29) is 36.5 Å². The van der Waals surface area contributed by atoms with Gasteiger partial charge in [0.1, 0.15) is 0 Å². The van der Waals surface area contributed by atoms with Crippen molar-refractivity contribution in [2.24, 2.45) is 5.73 Å². The Morgan fingerprint density at radius 1 is 1.29 bits per heavy atom. The fourth-order valence-electron chi connectivity index (χ4n) is 2.44. The smallest absolute Gasteiger partial charge is 0.326 e. The van der Waals surface area contributed by atoms with Gasteiger partial charge >= 0.3 is 6.18 Å². The number of carbonyl (C=O) groups excluding carboxylic acids is 1. The molecule has 10 heteroatoms. The molecule has 24 heavy (non-hydrogen) atoms. The number of alkyl halides is 3. The Labute approximate surface area is 137 Å². The lowest BCUT2D eigenvalue weighted by Gasteiger charge is -2.15. The van der Waals surface area contributed by atoms with Crippen molar-refractivity contribution < 1.29 is 26.4 Å². The largest absolute Gasteiger partial charge is 0.416 e. The number of halogens is 3. The summed E-state index contributed by atoms with van der Waals surface area (Å²) in [7, 11) is -3.30. The molecule has 1 aliphatic heterocycles. The number of sulfonamides is 1. The Bertz CT molecular complexity index is 720. The van der Waals surface area contributed by atoms with Crippen molar-refractivity contribution >= 4 is 21.6 Å². The molecule has 134 valence electrons. The standard InChI is InChI=1S/C14H18F3N3O3S/c15-14(16,17)11-6-10(9-18)7-12(8-11)19-13(21)2-4-20-3-1-5-24(20,22)23/h6-8H,1-5,9,18H2,(H,19,21). The molecule has 0 bridgehead atoms. The molecule has 1 amide bonds. The van der Waals surface area contributed by atoms with Crippen LogP contribution in [0.4, 0.5) is 18.9 Å². The van der Waals surface area contributed by atoms with E-state index < -0.39 is 27.7 Å². The third-order valence-corrected chi connectivity index (χ3v) is 5.59. The fraction of sp³-hybridized carbons (Fsp3) is 0.500. The Morgan fingerprint density at radius 3 is 2.54 bits per heavy atom. The maximum absolute atomic E-state index is 12.8. The molecular formula is C14H18F3N3O3S. The highest BCUT2D eigenvalue weighted by molar-refractivity contribution is 7.89. The lowest BCUT2D eigenvalue weighted by molar-refractivity contribution is -0.137. The van der Waals surface area contributed by atoms with E-state index in [1.165, 1.54) is 10.4 Å². The van der Waals surface area contributed by atoms with Gasteiger partial charge in [0.15, 0.2) is 0 Å². The maximum Gasteiger partial charge on any atom is 0.416 e. The lowest BCUT2D eigenvalue weighted by Crippen LogP contribution is -2.29. The summed E-state index contributed by atoms with van der Waals surface area (Å²) in [5.74, 6) is -0.498. The summed E-state index contributed by atoms with van der Waals surface area (Å²) < 4.78 is 63.0. The molecule has 0 unspecified atom stereocenters. The molecule has 1 heterocycles. The SMILES string of the molecule is NCc1cc(NC(=O)CCN2CCCS2(=O)=O)cc(C(F)(F)F)c1. The van der Waals surface area contributed by atoms with Crippen molar-refractivity contribution in [3.63, 3.8) is 0 Å². The van der Waals surface area contributed by atoms with Crippen LogP contribution in [0.2, 0.25) is 0 Å². The first-order valence-corrected chi connectivity index (χ1v) is 8.91. The fourth-order valence-corrected chi connectivity index (χ4v) is 3.97. The minimum absolute atomic E-state index is 0.0108. The van der Waals surface area contributed by atoms with Gasteiger partial charge in [-0.1, -0.05) is 0 Å². The number of nitrogens with one attached hydrogen (secondary N) is 1. The molecule has 0 aromatic heterocycles. The van der Waals surface area contributed by atoms with Crippen LogP contribution in [0.3, 0.4) is 0 Å². The molecule has 0 spiro atoms. The normalized spacial score (nSPS) is 17.8. The Hall–Kier alpha value is -1.65. The highest BCUT2D eigenvalue weighted by Crippen LogP contribution is 2.32. The lowest BCUT2D eigenvalue weighted by atomic mass is 10.1. The van der Waals surface area contributed by atoms with Crippen LogP contribution in [0.1, 0.15) is 24.0 Å². The minimum Gasteiger partial charge on any atom is -0.326 e. The van der Waals surface area contributed by atoms with Gasteiger partial charge < -0.3 is 11.1 Å². The summed E-state index contributed by atoms with van der Waals surface area (Å²) in [6.45, 7) is 0.270. The van der Waals surface area contributed by atoms with Crippen LogP contribution in [0, 0.1) is 0 Å². The molecule has 1 aliphatic rings. The van der Waals surface area contributed by atoms with E-state index in [0.717, 1.165) is 12.1 Å². The van der Waals surface area contributed by atoms with E-state index in [0.29, 0.717) is 13.0 Å². The first-order valence-electron chi connectivity index (χ1n) is 7.31. The first-order chi connectivity index (χ1) is 11.1. The molecular weight excluding hydrogens is 347 g/mol. The summed E-state index contributed by atoms with van der Waals surface area (Å²) in [5.41, 5.74) is 4.70. The van der Waals surface area contributed by atoms with E-state index >= 15 is 0 Å². The topological polar surface area (TPSA) is 92.5 Å². The number of rotatable bonds is 5. The number of benzene rings is 1. The summed E-state index contributed by atoms with van der Waals surface area (Å²) in [4.78, 5) is 11.9. The van der Waals surface area contributed by atoms with Gasteiger partial charge in [-0.15, -0.1) is 0 Å². The second-order valence-electron chi connectivity index (χ2n) is 5.49. The first kappa shape index (κ1) is 18.7. The number of amides is 1. The molecule has 0 aliphatic carbocycles. The van der Waals surface area contributed by atoms with Crippen molar-refractivity contribution in [2.45, 2.75) is 25.6 Å². The molecule has 1 saturated heterocycles. The zero-order chi connectivity index (χ0) is 18.0. The summed E-state index contributed by atoms with van der Waals surface area (Å²) >= 11 is 0. The molecule has 6 nitrogen and oxygen atoms in total. The van der Waals surface area contributed by atoms with Crippen molar-refractivity contribution in [3.8, 4) is 0 Å². The molecule has 3 N–H and O–H groups in total. The molecule has 2 rings (SSSR count). The van der Waals surface area contributed by atoms with Gasteiger partial charge in [0.25, 0.3) is 0 Å². The molecule has 1 aromatic rings. The van der Waals surface area contributed by atoms with Gasteiger partial charge in [0.2, 0.25) is 15.9 Å². The zero-order valence-electron chi connectivity index (χ0n) is 12.8. The average molecular weight is 365 g/mol. The second-order valence-corrected chi connectivity index (χ2v) is 7.58. The maximum atomic E-state index is 12.8. The third-order valence-electron chi connectivity index (χ3n) is 3.63. The van der Waals surface area contributed by atoms with Gasteiger partial charge in [-0.25, -0.2) is 12.7 Å². The Balaban J connectivity index is 2.03. The van der Waals surface area contributed by atoms with E-state index in [1.807, 2.05) is 0 Å². The highest BCUT2D eigenvalue weighted by Gasteiger charge is 2.31. The molecule has 1 aromatic carbocycles. The second kappa shape index (κ2) is 7.08. The Kier molecular flexibility index (Phi) is 5.51. The van der Waals surface area contributed by atoms with Gasteiger partial charge in [-0.3, -0.25) is 4.79 Å². The molecule has 0 saturated carbocycles. The van der Waals surface area contributed by atoms with Crippen LogP contribution < -0.4 is 11.1 Å². The summed E-state index contributed by atoms with van der Waals surface area (Å²) in [5, 5.41) is 2.36. The van der Waals surface area contributed by atoms with Gasteiger partial charge in [0.05, 0.1) is 11.3 Å². The van der Waals surface area contributed by atoms with Crippen molar-refractivity contribution in [2.75, 3.05) is 24.2 Å². The number of nitrogens with zero attached hydrogens (tertiary/aromatic N) is 1.